The Bertz CT molecular complexity index is 551. The van der Waals surface area contributed by atoms with Crippen molar-refractivity contribution in [3.05, 3.63) is 16.4 Å². The topological polar surface area (TPSA) is 90.0 Å². The lowest BCUT2D eigenvalue weighted by atomic mass is 10.00. The monoisotopic (exact) mass is 352 g/mol. The molecule has 0 aliphatic rings. The molecule has 0 aliphatic heterocycles. The Morgan fingerprint density at radius 3 is 2.37 bits per heavy atom. The van der Waals surface area contributed by atoms with E-state index in [-0.39, 0.29) is 6.04 Å². The average molecular weight is 353 g/mol. The zero-order valence-electron chi connectivity index (χ0n) is 11.8. The minimum absolute atomic E-state index is 0.104. The van der Waals surface area contributed by atoms with Crippen LogP contribution in [0.25, 0.3) is 0 Å². The van der Waals surface area contributed by atoms with Gasteiger partial charge >= 0.3 is 0 Å². The van der Waals surface area contributed by atoms with Gasteiger partial charge in [-0.25, -0.2) is 13.8 Å². The summed E-state index contributed by atoms with van der Waals surface area (Å²) < 4.78 is 25.4. The highest BCUT2D eigenvalue weighted by Crippen LogP contribution is 2.36. The van der Waals surface area contributed by atoms with Gasteiger partial charge in [0.2, 0.25) is 0 Å². The molecule has 0 spiro atoms. The van der Waals surface area contributed by atoms with Gasteiger partial charge in [-0.05, 0) is 43.6 Å². The van der Waals surface area contributed by atoms with Gasteiger partial charge in [0.25, 0.3) is 0 Å². The van der Waals surface area contributed by atoms with Gasteiger partial charge in [0, 0.05) is 12.3 Å². The second kappa shape index (κ2) is 5.51. The van der Waals surface area contributed by atoms with E-state index in [1.807, 2.05) is 13.8 Å². The molecule has 0 bridgehead atoms. The first-order chi connectivity index (χ1) is 8.54. The SMILES string of the molecule is CC(C)n1ncc(Br)c1C(NN)C(C)(C)S(C)(=O)=O. The van der Waals surface area contributed by atoms with Crippen LogP contribution < -0.4 is 11.3 Å². The highest BCUT2D eigenvalue weighted by Gasteiger charge is 2.42. The van der Waals surface area contributed by atoms with Gasteiger partial charge in [0.05, 0.1) is 27.2 Å². The number of halogens is 1. The fourth-order valence-corrected chi connectivity index (χ4v) is 2.97. The summed E-state index contributed by atoms with van der Waals surface area (Å²) in [5, 5.41) is 4.26. The molecule has 1 aromatic rings. The van der Waals surface area contributed by atoms with Crippen LogP contribution in [0.15, 0.2) is 10.7 Å². The summed E-state index contributed by atoms with van der Waals surface area (Å²) in [5.74, 6) is 5.61. The maximum absolute atomic E-state index is 12.0. The summed E-state index contributed by atoms with van der Waals surface area (Å²) >= 11 is 3.41. The number of aromatic nitrogens is 2. The molecule has 3 N–H and O–H groups in total. The Hall–Kier alpha value is -0.440. The van der Waals surface area contributed by atoms with Gasteiger partial charge in [-0.3, -0.25) is 10.5 Å². The fraction of sp³-hybridized carbons (Fsp3) is 0.727. The van der Waals surface area contributed by atoms with E-state index in [0.29, 0.717) is 0 Å². The van der Waals surface area contributed by atoms with E-state index in [9.17, 15) is 8.42 Å². The first kappa shape index (κ1) is 16.6. The number of hydrogen-bond donors (Lipinski definition) is 2. The maximum atomic E-state index is 12.0. The predicted octanol–water partition coefficient (Wildman–Crippen LogP) is 1.55. The van der Waals surface area contributed by atoms with Crippen molar-refractivity contribution in [3.63, 3.8) is 0 Å². The molecule has 1 aromatic heterocycles. The van der Waals surface area contributed by atoms with Crippen molar-refractivity contribution in [3.8, 4) is 0 Å². The molecule has 0 radical (unpaired) electrons. The Morgan fingerprint density at radius 1 is 1.47 bits per heavy atom. The molecule has 1 atom stereocenters. The standard InChI is InChI=1S/C11H21BrN4O2S/c1-7(2)16-9(8(12)6-14-16)10(15-13)11(3,4)19(5,17)18/h6-7,10,15H,13H2,1-5H3. The summed E-state index contributed by atoms with van der Waals surface area (Å²) in [4.78, 5) is 0. The number of sulfone groups is 1. The summed E-state index contributed by atoms with van der Waals surface area (Å²) in [7, 11) is -3.30. The smallest absolute Gasteiger partial charge is 0.154 e. The van der Waals surface area contributed by atoms with Crippen molar-refractivity contribution in [2.75, 3.05) is 6.26 Å². The molecule has 1 unspecified atom stereocenters. The highest BCUT2D eigenvalue weighted by molar-refractivity contribution is 9.10. The highest BCUT2D eigenvalue weighted by atomic mass is 79.9. The lowest BCUT2D eigenvalue weighted by molar-refractivity contribution is 0.383. The Morgan fingerprint density at radius 2 is 2.00 bits per heavy atom. The molecule has 0 aromatic carbocycles. The van der Waals surface area contributed by atoms with Crippen molar-refractivity contribution < 1.29 is 8.42 Å². The Labute approximate surface area is 122 Å². The van der Waals surface area contributed by atoms with Crippen LogP contribution in [0.4, 0.5) is 0 Å². The summed E-state index contributed by atoms with van der Waals surface area (Å²) in [6.45, 7) is 7.25. The predicted molar refractivity (Wildman–Crippen MR) is 79.3 cm³/mol. The molecule has 1 rings (SSSR count). The molecular formula is C11H21BrN4O2S. The quantitative estimate of drug-likeness (QED) is 0.619. The van der Waals surface area contributed by atoms with E-state index < -0.39 is 20.6 Å². The van der Waals surface area contributed by atoms with Crippen LogP contribution in [-0.4, -0.2) is 29.2 Å². The second-order valence-electron chi connectivity index (χ2n) is 5.39. The molecule has 8 heteroatoms. The van der Waals surface area contributed by atoms with Crippen molar-refractivity contribution in [1.82, 2.24) is 15.2 Å². The number of rotatable bonds is 5. The molecule has 110 valence electrons. The van der Waals surface area contributed by atoms with Crippen LogP contribution in [0, 0.1) is 0 Å². The molecular weight excluding hydrogens is 332 g/mol. The van der Waals surface area contributed by atoms with Crippen LogP contribution >= 0.6 is 15.9 Å². The zero-order chi connectivity index (χ0) is 15.0. The van der Waals surface area contributed by atoms with Crippen molar-refractivity contribution in [2.24, 2.45) is 5.84 Å². The Kier molecular flexibility index (Phi) is 4.82. The third-order valence-electron chi connectivity index (χ3n) is 3.37. The molecule has 1 heterocycles. The van der Waals surface area contributed by atoms with Gasteiger partial charge in [0.15, 0.2) is 9.84 Å². The van der Waals surface area contributed by atoms with Crippen LogP contribution in [0.2, 0.25) is 0 Å². The third kappa shape index (κ3) is 3.01. The molecule has 0 fully saturated rings. The van der Waals surface area contributed by atoms with Gasteiger partial charge in [-0.1, -0.05) is 0 Å². The third-order valence-corrected chi connectivity index (χ3v) is 6.13. The average Bonchev–Trinajstić information content (AvgIpc) is 2.60. The molecule has 0 saturated heterocycles. The molecule has 6 nitrogen and oxygen atoms in total. The van der Waals surface area contributed by atoms with E-state index in [1.54, 1.807) is 24.7 Å². The molecule has 19 heavy (non-hydrogen) atoms. The number of hydrogen-bond acceptors (Lipinski definition) is 5. The largest absolute Gasteiger partial charge is 0.271 e. The lowest BCUT2D eigenvalue weighted by Crippen LogP contribution is -2.48. The summed E-state index contributed by atoms with van der Waals surface area (Å²) in [5.41, 5.74) is 3.35. The number of nitrogens with two attached hydrogens (primary N) is 1. The van der Waals surface area contributed by atoms with Crippen LogP contribution in [0.3, 0.4) is 0 Å². The van der Waals surface area contributed by atoms with E-state index >= 15 is 0 Å². The number of nitrogens with zero attached hydrogens (tertiary/aromatic N) is 2. The van der Waals surface area contributed by atoms with Gasteiger partial charge in [-0.15, -0.1) is 0 Å². The van der Waals surface area contributed by atoms with E-state index in [1.165, 1.54) is 6.26 Å². The molecule has 0 aliphatic carbocycles. The van der Waals surface area contributed by atoms with Crippen LogP contribution in [0.1, 0.15) is 45.5 Å². The Balaban J connectivity index is 3.45. The van der Waals surface area contributed by atoms with E-state index in [0.717, 1.165) is 10.2 Å². The molecule has 0 amide bonds. The van der Waals surface area contributed by atoms with Gasteiger partial charge in [-0.2, -0.15) is 5.10 Å². The van der Waals surface area contributed by atoms with Crippen molar-refractivity contribution >= 4 is 25.8 Å². The summed E-state index contributed by atoms with van der Waals surface area (Å²) in [6.07, 6.45) is 2.86. The minimum Gasteiger partial charge on any atom is -0.271 e. The zero-order valence-corrected chi connectivity index (χ0v) is 14.2. The fourth-order valence-electron chi connectivity index (χ4n) is 1.86. The second-order valence-corrected chi connectivity index (χ2v) is 8.84. The van der Waals surface area contributed by atoms with Crippen LogP contribution in [-0.2, 0) is 9.84 Å². The maximum Gasteiger partial charge on any atom is 0.154 e. The first-order valence-corrected chi connectivity index (χ1v) is 8.61. The van der Waals surface area contributed by atoms with Gasteiger partial charge < -0.3 is 0 Å². The molecule has 0 saturated carbocycles. The van der Waals surface area contributed by atoms with Crippen LogP contribution in [0.5, 0.6) is 0 Å². The minimum atomic E-state index is -3.30. The number of hydrazine groups is 1. The van der Waals surface area contributed by atoms with E-state index in [2.05, 4.69) is 26.5 Å². The van der Waals surface area contributed by atoms with Crippen molar-refractivity contribution in [2.45, 2.75) is 44.5 Å². The van der Waals surface area contributed by atoms with Crippen molar-refractivity contribution in [1.29, 1.82) is 0 Å². The normalized spacial score (nSPS) is 14.9. The summed E-state index contributed by atoms with van der Waals surface area (Å²) in [6, 6.07) is -0.464. The van der Waals surface area contributed by atoms with Gasteiger partial charge in [0.1, 0.15) is 0 Å². The number of nitrogens with one attached hydrogen (secondary N) is 1. The first-order valence-electron chi connectivity index (χ1n) is 5.92. The lowest BCUT2D eigenvalue weighted by Gasteiger charge is -2.33. The van der Waals surface area contributed by atoms with E-state index in [4.69, 9.17) is 5.84 Å².